The smallest absolute Gasteiger partial charge is 0.416 e. The molecule has 2 heterocycles. The van der Waals surface area contributed by atoms with E-state index in [1.54, 1.807) is 7.11 Å². The van der Waals surface area contributed by atoms with E-state index in [0.717, 1.165) is 50.4 Å². The van der Waals surface area contributed by atoms with Crippen molar-refractivity contribution >= 4 is 5.91 Å². The molecule has 1 fully saturated rings. The lowest BCUT2D eigenvalue weighted by Crippen LogP contribution is -2.44. The second-order valence-electron chi connectivity index (χ2n) is 8.12. The van der Waals surface area contributed by atoms with Crippen LogP contribution >= 0.6 is 0 Å². The first-order valence-corrected chi connectivity index (χ1v) is 10.8. The highest BCUT2D eigenvalue weighted by atomic mass is 19.4. The van der Waals surface area contributed by atoms with E-state index in [-0.39, 0.29) is 29.0 Å². The summed E-state index contributed by atoms with van der Waals surface area (Å²) in [5, 5.41) is 2.98. The summed E-state index contributed by atoms with van der Waals surface area (Å²) in [6.07, 6.45) is -2.84. The number of hydrogen-bond acceptors (Lipinski definition) is 4. The molecule has 0 spiro atoms. The number of carbonyl (C=O) groups is 1. The summed E-state index contributed by atoms with van der Waals surface area (Å²) < 4.78 is 49.7. The maximum atomic E-state index is 13.0. The van der Waals surface area contributed by atoms with Gasteiger partial charge in [0.05, 0.1) is 12.7 Å². The van der Waals surface area contributed by atoms with E-state index in [4.69, 9.17) is 9.15 Å². The van der Waals surface area contributed by atoms with Crippen LogP contribution in [0.5, 0.6) is 5.75 Å². The van der Waals surface area contributed by atoms with Gasteiger partial charge in [-0.05, 0) is 54.8 Å². The summed E-state index contributed by atoms with van der Waals surface area (Å²) in [7, 11) is 1.65. The highest BCUT2D eigenvalue weighted by molar-refractivity contribution is 5.92. The summed E-state index contributed by atoms with van der Waals surface area (Å²) in [5.41, 5.74) is 0.687. The van der Waals surface area contributed by atoms with Gasteiger partial charge in [-0.25, -0.2) is 0 Å². The zero-order valence-electron chi connectivity index (χ0n) is 18.2. The average molecular weight is 458 g/mol. The number of rotatable bonds is 6. The second kappa shape index (κ2) is 9.70. The lowest BCUT2D eigenvalue weighted by molar-refractivity contribution is -0.137. The first kappa shape index (κ1) is 22.9. The number of carbonyl (C=O) groups excluding carboxylic acids is 1. The van der Waals surface area contributed by atoms with Gasteiger partial charge in [0.15, 0.2) is 5.76 Å². The number of amides is 1. The molecule has 174 valence electrons. The Bertz CT molecular complexity index is 1100. The molecule has 1 aliphatic rings. The van der Waals surface area contributed by atoms with Crippen LogP contribution < -0.4 is 10.1 Å². The Balaban J connectivity index is 1.31. The van der Waals surface area contributed by atoms with E-state index in [2.05, 4.69) is 16.3 Å². The molecule has 0 bridgehead atoms. The Morgan fingerprint density at radius 3 is 2.58 bits per heavy atom. The fourth-order valence-corrected chi connectivity index (χ4v) is 3.98. The summed E-state index contributed by atoms with van der Waals surface area (Å²) in [6.45, 7) is 2.50. The number of hydrogen-bond donors (Lipinski definition) is 1. The van der Waals surface area contributed by atoms with Crippen LogP contribution in [0, 0.1) is 0 Å². The van der Waals surface area contributed by atoms with Gasteiger partial charge in [0.2, 0.25) is 0 Å². The number of furan rings is 1. The van der Waals surface area contributed by atoms with Crippen molar-refractivity contribution in [2.24, 2.45) is 0 Å². The van der Waals surface area contributed by atoms with Gasteiger partial charge in [0.1, 0.15) is 11.5 Å². The van der Waals surface area contributed by atoms with E-state index < -0.39 is 11.7 Å². The SMILES string of the molecule is COc1cccc(CN2CCC(NC(=O)c3ccc(-c4cccc(C(F)(F)F)c4)o3)CC2)c1. The van der Waals surface area contributed by atoms with Gasteiger partial charge < -0.3 is 14.5 Å². The Morgan fingerprint density at radius 1 is 1.09 bits per heavy atom. The average Bonchev–Trinajstić information content (AvgIpc) is 3.31. The third-order valence-corrected chi connectivity index (χ3v) is 5.77. The van der Waals surface area contributed by atoms with E-state index in [1.165, 1.54) is 29.8 Å². The summed E-state index contributed by atoms with van der Waals surface area (Å²) >= 11 is 0. The number of piperidine rings is 1. The van der Waals surface area contributed by atoms with Crippen molar-refractivity contribution in [3.63, 3.8) is 0 Å². The summed E-state index contributed by atoms with van der Waals surface area (Å²) in [5.74, 6) is 0.776. The van der Waals surface area contributed by atoms with E-state index in [1.807, 2.05) is 18.2 Å². The van der Waals surface area contributed by atoms with Crippen molar-refractivity contribution in [2.75, 3.05) is 20.2 Å². The van der Waals surface area contributed by atoms with E-state index in [9.17, 15) is 18.0 Å². The van der Waals surface area contributed by atoms with Gasteiger partial charge in [0, 0.05) is 31.2 Å². The van der Waals surface area contributed by atoms with Crippen LogP contribution in [0.2, 0.25) is 0 Å². The van der Waals surface area contributed by atoms with Gasteiger partial charge >= 0.3 is 6.18 Å². The Hall–Kier alpha value is -3.26. The predicted molar refractivity (Wildman–Crippen MR) is 118 cm³/mol. The number of benzene rings is 2. The highest BCUT2D eigenvalue weighted by Crippen LogP contribution is 2.32. The summed E-state index contributed by atoms with van der Waals surface area (Å²) in [6, 6.07) is 15.8. The van der Waals surface area contributed by atoms with Gasteiger partial charge in [-0.15, -0.1) is 0 Å². The number of ether oxygens (including phenoxy) is 1. The van der Waals surface area contributed by atoms with Gasteiger partial charge in [-0.2, -0.15) is 13.2 Å². The van der Waals surface area contributed by atoms with Crippen LogP contribution in [0.4, 0.5) is 13.2 Å². The molecule has 1 amide bonds. The van der Waals surface area contributed by atoms with Crippen molar-refractivity contribution in [3.8, 4) is 17.1 Å². The normalized spacial score (nSPS) is 15.4. The van der Waals surface area contributed by atoms with Crippen molar-refractivity contribution in [3.05, 3.63) is 77.6 Å². The van der Waals surface area contributed by atoms with Gasteiger partial charge in [-0.1, -0.05) is 24.3 Å². The first-order chi connectivity index (χ1) is 15.8. The van der Waals surface area contributed by atoms with Crippen LogP contribution in [0.25, 0.3) is 11.3 Å². The highest BCUT2D eigenvalue weighted by Gasteiger charge is 2.30. The Kier molecular flexibility index (Phi) is 6.74. The minimum absolute atomic E-state index is 0.0150. The molecular weight excluding hydrogens is 433 g/mol. The van der Waals surface area contributed by atoms with Crippen molar-refractivity contribution in [1.82, 2.24) is 10.2 Å². The fraction of sp³-hybridized carbons (Fsp3) is 0.320. The molecule has 5 nitrogen and oxygen atoms in total. The zero-order valence-corrected chi connectivity index (χ0v) is 18.2. The quantitative estimate of drug-likeness (QED) is 0.540. The monoisotopic (exact) mass is 458 g/mol. The maximum absolute atomic E-state index is 13.0. The van der Waals surface area contributed by atoms with Gasteiger partial charge in [-0.3, -0.25) is 9.69 Å². The molecule has 3 aromatic rings. The molecular formula is C25H25F3N2O3. The maximum Gasteiger partial charge on any atom is 0.416 e. The molecule has 1 saturated heterocycles. The molecule has 0 radical (unpaired) electrons. The number of alkyl halides is 3. The molecule has 33 heavy (non-hydrogen) atoms. The van der Waals surface area contributed by atoms with Crippen molar-refractivity contribution in [1.29, 1.82) is 0 Å². The fourth-order valence-electron chi connectivity index (χ4n) is 3.98. The third-order valence-electron chi connectivity index (χ3n) is 5.77. The molecule has 0 aliphatic carbocycles. The van der Waals surface area contributed by atoms with Gasteiger partial charge in [0.25, 0.3) is 5.91 Å². The molecule has 8 heteroatoms. The molecule has 0 atom stereocenters. The predicted octanol–water partition coefficient (Wildman–Crippen LogP) is 5.37. The van der Waals surface area contributed by atoms with Crippen LogP contribution in [0.3, 0.4) is 0 Å². The molecule has 1 aliphatic heterocycles. The third kappa shape index (κ3) is 5.76. The number of nitrogens with one attached hydrogen (secondary N) is 1. The molecule has 2 aromatic carbocycles. The minimum Gasteiger partial charge on any atom is -0.497 e. The number of halogens is 3. The molecule has 0 saturated carbocycles. The van der Waals surface area contributed by atoms with Crippen molar-refractivity contribution in [2.45, 2.75) is 31.6 Å². The molecule has 4 rings (SSSR count). The minimum atomic E-state index is -4.44. The Morgan fingerprint density at radius 2 is 1.85 bits per heavy atom. The topological polar surface area (TPSA) is 54.7 Å². The molecule has 0 unspecified atom stereocenters. The second-order valence-corrected chi connectivity index (χ2v) is 8.12. The van der Waals surface area contributed by atoms with Crippen LogP contribution in [0.1, 0.15) is 34.5 Å². The standard InChI is InChI=1S/C25H25F3N2O3/c1-32-21-7-2-4-17(14-21)16-30-12-10-20(11-13-30)29-24(31)23-9-8-22(33-23)18-5-3-6-19(15-18)25(26,27)28/h2-9,14-15,20H,10-13,16H2,1H3,(H,29,31). The first-order valence-electron chi connectivity index (χ1n) is 10.8. The lowest BCUT2D eigenvalue weighted by Gasteiger charge is -2.32. The number of methoxy groups -OCH3 is 1. The number of likely N-dealkylation sites (tertiary alicyclic amines) is 1. The van der Waals surface area contributed by atoms with E-state index >= 15 is 0 Å². The lowest BCUT2D eigenvalue weighted by atomic mass is 10.0. The van der Waals surface area contributed by atoms with Crippen LogP contribution in [-0.4, -0.2) is 37.0 Å². The summed E-state index contributed by atoms with van der Waals surface area (Å²) in [4.78, 5) is 14.9. The van der Waals surface area contributed by atoms with Crippen LogP contribution in [0.15, 0.2) is 65.1 Å². The molecule has 1 N–H and O–H groups in total. The largest absolute Gasteiger partial charge is 0.497 e. The molecule has 1 aromatic heterocycles. The van der Waals surface area contributed by atoms with Crippen molar-refractivity contribution < 1.29 is 27.1 Å². The van der Waals surface area contributed by atoms with Crippen LogP contribution in [-0.2, 0) is 12.7 Å². The zero-order chi connectivity index (χ0) is 23.4. The number of nitrogens with zero attached hydrogens (tertiary/aromatic N) is 1. The van der Waals surface area contributed by atoms with E-state index in [0.29, 0.717) is 0 Å². The Labute approximate surface area is 190 Å².